The highest BCUT2D eigenvalue weighted by Gasteiger charge is 2.48. The third-order valence-electron chi connectivity index (χ3n) is 5.20. The number of carbonyl (C=O) groups is 2. The minimum atomic E-state index is -1.42. The first-order valence-electron chi connectivity index (χ1n) is 9.64. The van der Waals surface area contributed by atoms with E-state index in [1.54, 1.807) is 68.8 Å². The molecule has 0 aliphatic carbocycles. The monoisotopic (exact) mass is 419 g/mol. The molecule has 1 atom stereocenters. The Hall–Kier alpha value is -4.07. The number of rotatable bonds is 6. The molecule has 3 amide bonds. The molecule has 2 N–H and O–H groups in total. The van der Waals surface area contributed by atoms with Gasteiger partial charge in [0.2, 0.25) is 0 Å². The molecule has 0 spiro atoms. The molecular formula is C23H21N3O5. The quantitative estimate of drug-likeness (QED) is 0.599. The number of nitrogens with one attached hydrogen (secondary N) is 2. The van der Waals surface area contributed by atoms with Crippen molar-refractivity contribution >= 4 is 11.9 Å². The van der Waals surface area contributed by atoms with Crippen molar-refractivity contribution in [1.82, 2.24) is 15.2 Å². The van der Waals surface area contributed by atoms with Crippen LogP contribution in [0.15, 0.2) is 71.7 Å². The van der Waals surface area contributed by atoms with E-state index < -0.39 is 17.5 Å². The van der Waals surface area contributed by atoms with E-state index in [0.717, 1.165) is 0 Å². The molecular weight excluding hydrogens is 398 g/mol. The fourth-order valence-electron chi connectivity index (χ4n) is 3.57. The predicted octanol–water partition coefficient (Wildman–Crippen LogP) is 2.69. The summed E-state index contributed by atoms with van der Waals surface area (Å²) in [6.07, 6.45) is 1.59. The number of ether oxygens (including phenoxy) is 2. The van der Waals surface area contributed by atoms with E-state index in [-0.39, 0.29) is 12.1 Å². The Kier molecular flexibility index (Phi) is 5.21. The maximum absolute atomic E-state index is 12.8. The van der Waals surface area contributed by atoms with Gasteiger partial charge in [-0.2, -0.15) is 0 Å². The van der Waals surface area contributed by atoms with Crippen LogP contribution in [0.5, 0.6) is 17.2 Å². The maximum atomic E-state index is 12.8. The second kappa shape index (κ2) is 7.98. The van der Waals surface area contributed by atoms with Crippen molar-refractivity contribution in [3.8, 4) is 17.2 Å². The molecule has 158 valence electrons. The lowest BCUT2D eigenvalue weighted by Crippen LogP contribution is -2.49. The Morgan fingerprint density at radius 3 is 2.29 bits per heavy atom. The minimum absolute atomic E-state index is 0.0439. The Morgan fingerprint density at radius 2 is 1.65 bits per heavy atom. The van der Waals surface area contributed by atoms with Crippen LogP contribution in [-0.2, 0) is 16.9 Å². The number of aryl methyl sites for hydroxylation is 1. The summed E-state index contributed by atoms with van der Waals surface area (Å²) in [6.45, 7) is 1.65. The first kappa shape index (κ1) is 20.2. The summed E-state index contributed by atoms with van der Waals surface area (Å²) < 4.78 is 12.6. The topological polar surface area (TPSA) is 98.7 Å². The van der Waals surface area contributed by atoms with Crippen LogP contribution >= 0.6 is 0 Å². The molecule has 1 aromatic heterocycles. The zero-order valence-corrected chi connectivity index (χ0v) is 17.0. The lowest BCUT2D eigenvalue weighted by molar-refractivity contribution is -0.124. The van der Waals surface area contributed by atoms with E-state index in [1.807, 2.05) is 12.1 Å². The maximum Gasteiger partial charge on any atom is 0.322 e. The molecule has 1 fully saturated rings. The Morgan fingerprint density at radius 1 is 0.935 bits per heavy atom. The van der Waals surface area contributed by atoms with Crippen LogP contribution in [-0.4, -0.2) is 23.6 Å². The van der Waals surface area contributed by atoms with Gasteiger partial charge in [0.25, 0.3) is 11.5 Å². The summed E-state index contributed by atoms with van der Waals surface area (Å²) >= 11 is 0. The number of carbonyl (C=O) groups excluding carboxylic acids is 2. The summed E-state index contributed by atoms with van der Waals surface area (Å²) in [5.74, 6) is 1.14. The van der Waals surface area contributed by atoms with Crippen molar-refractivity contribution in [3.05, 3.63) is 88.3 Å². The number of hydrogen-bond acceptors (Lipinski definition) is 5. The molecule has 2 aromatic carbocycles. The van der Waals surface area contributed by atoms with Crippen LogP contribution in [0.25, 0.3) is 0 Å². The molecule has 1 aliphatic heterocycles. The molecule has 2 heterocycles. The van der Waals surface area contributed by atoms with Crippen molar-refractivity contribution in [2.75, 3.05) is 7.11 Å². The molecule has 0 saturated carbocycles. The fraction of sp³-hybridized carbons (Fsp3) is 0.174. The summed E-state index contributed by atoms with van der Waals surface area (Å²) in [5.41, 5.74) is -0.580. The van der Waals surface area contributed by atoms with E-state index in [0.29, 0.717) is 28.4 Å². The molecule has 8 heteroatoms. The molecule has 1 aliphatic rings. The van der Waals surface area contributed by atoms with Crippen molar-refractivity contribution in [2.45, 2.75) is 19.0 Å². The zero-order chi connectivity index (χ0) is 22.0. The highest BCUT2D eigenvalue weighted by molar-refractivity contribution is 6.07. The molecule has 8 nitrogen and oxygen atoms in total. The zero-order valence-electron chi connectivity index (χ0n) is 17.0. The van der Waals surface area contributed by atoms with Gasteiger partial charge in [0.05, 0.1) is 13.7 Å². The first-order chi connectivity index (χ1) is 14.9. The van der Waals surface area contributed by atoms with Gasteiger partial charge in [0, 0.05) is 11.8 Å². The summed E-state index contributed by atoms with van der Waals surface area (Å²) in [5, 5.41) is 4.97. The van der Waals surface area contributed by atoms with Gasteiger partial charge in [0.15, 0.2) is 17.0 Å². The summed E-state index contributed by atoms with van der Waals surface area (Å²) in [6, 6.07) is 16.8. The van der Waals surface area contributed by atoms with E-state index in [9.17, 15) is 14.4 Å². The average molecular weight is 419 g/mol. The Balaban J connectivity index is 1.68. The van der Waals surface area contributed by atoms with Gasteiger partial charge in [-0.1, -0.05) is 30.3 Å². The summed E-state index contributed by atoms with van der Waals surface area (Å²) in [4.78, 5) is 37.3. The normalized spacial score (nSPS) is 17.7. The molecule has 0 unspecified atom stereocenters. The number of urea groups is 1. The van der Waals surface area contributed by atoms with Crippen molar-refractivity contribution in [2.24, 2.45) is 0 Å². The largest absolute Gasteiger partial charge is 0.493 e. The van der Waals surface area contributed by atoms with Crippen molar-refractivity contribution < 1.29 is 19.1 Å². The highest BCUT2D eigenvalue weighted by Crippen LogP contribution is 2.33. The van der Waals surface area contributed by atoms with Crippen LogP contribution in [0.1, 0.15) is 11.1 Å². The number of benzene rings is 2. The lowest BCUT2D eigenvalue weighted by Gasteiger charge is -2.27. The molecule has 4 rings (SSSR count). The SMILES string of the molecule is COc1ccccc1Oc1ccc([C@@]2(Cn3cccc(C)c3=O)NC(=O)NC2=O)cc1. The van der Waals surface area contributed by atoms with Gasteiger partial charge >= 0.3 is 6.03 Å². The van der Waals surface area contributed by atoms with Gasteiger partial charge in [-0.05, 0) is 42.8 Å². The van der Waals surface area contributed by atoms with E-state index in [4.69, 9.17) is 9.47 Å². The number of nitrogens with zero attached hydrogens (tertiary/aromatic N) is 1. The standard InChI is InChI=1S/C23H21N3O5/c1-15-6-5-13-26(20(15)27)14-23(21(28)24-22(29)25-23)16-9-11-17(12-10-16)31-19-8-4-3-7-18(19)30-2/h3-13H,14H2,1-2H3,(H2,24,25,28,29)/t23-/m1/s1. The number of para-hydroxylation sites is 2. The van der Waals surface area contributed by atoms with E-state index >= 15 is 0 Å². The molecule has 3 aromatic rings. The second-order valence-electron chi connectivity index (χ2n) is 7.22. The van der Waals surface area contributed by atoms with Crippen LogP contribution in [0.2, 0.25) is 0 Å². The van der Waals surface area contributed by atoms with Gasteiger partial charge in [-0.15, -0.1) is 0 Å². The lowest BCUT2D eigenvalue weighted by atomic mass is 9.89. The number of pyridine rings is 1. The van der Waals surface area contributed by atoms with Crippen molar-refractivity contribution in [3.63, 3.8) is 0 Å². The van der Waals surface area contributed by atoms with Gasteiger partial charge in [-0.25, -0.2) is 4.79 Å². The predicted molar refractivity (Wildman–Crippen MR) is 113 cm³/mol. The van der Waals surface area contributed by atoms with Crippen LogP contribution < -0.4 is 25.7 Å². The Bertz CT molecular complexity index is 1200. The highest BCUT2D eigenvalue weighted by atomic mass is 16.5. The number of amides is 3. The first-order valence-corrected chi connectivity index (χ1v) is 9.64. The van der Waals surface area contributed by atoms with Crippen LogP contribution in [0.3, 0.4) is 0 Å². The fourth-order valence-corrected chi connectivity index (χ4v) is 3.57. The summed E-state index contributed by atoms with van der Waals surface area (Å²) in [7, 11) is 1.56. The third-order valence-corrected chi connectivity index (χ3v) is 5.20. The van der Waals surface area contributed by atoms with E-state index in [1.165, 1.54) is 4.57 Å². The number of methoxy groups -OCH3 is 1. The van der Waals surface area contributed by atoms with Crippen LogP contribution in [0, 0.1) is 6.92 Å². The molecule has 1 saturated heterocycles. The number of aromatic nitrogens is 1. The van der Waals surface area contributed by atoms with Gasteiger partial charge < -0.3 is 19.4 Å². The van der Waals surface area contributed by atoms with E-state index in [2.05, 4.69) is 10.6 Å². The molecule has 0 bridgehead atoms. The third kappa shape index (κ3) is 3.75. The number of imide groups is 1. The molecule has 0 radical (unpaired) electrons. The van der Waals surface area contributed by atoms with Crippen molar-refractivity contribution in [1.29, 1.82) is 0 Å². The van der Waals surface area contributed by atoms with Gasteiger partial charge in [0.1, 0.15) is 5.75 Å². The van der Waals surface area contributed by atoms with Crippen LogP contribution in [0.4, 0.5) is 4.79 Å². The van der Waals surface area contributed by atoms with Gasteiger partial charge in [-0.3, -0.25) is 14.9 Å². The second-order valence-corrected chi connectivity index (χ2v) is 7.22. The smallest absolute Gasteiger partial charge is 0.322 e. The Labute approximate surface area is 178 Å². The minimum Gasteiger partial charge on any atom is -0.493 e. The average Bonchev–Trinajstić information content (AvgIpc) is 3.06. The number of hydrogen-bond donors (Lipinski definition) is 2. The molecule has 31 heavy (non-hydrogen) atoms.